The molecule has 0 aromatic heterocycles. The van der Waals surface area contributed by atoms with Gasteiger partial charge in [-0.2, -0.15) is 0 Å². The van der Waals surface area contributed by atoms with E-state index >= 15 is 0 Å². The number of rotatable bonds is 7. The molecule has 0 saturated carbocycles. The summed E-state index contributed by atoms with van der Waals surface area (Å²) in [7, 11) is 0. The highest BCUT2D eigenvalue weighted by molar-refractivity contribution is 5.94. The molecule has 1 heterocycles. The van der Waals surface area contributed by atoms with E-state index in [0.717, 1.165) is 12.8 Å². The predicted molar refractivity (Wildman–Crippen MR) is 112 cm³/mol. The molecule has 5 nitrogen and oxygen atoms in total. The molecule has 0 aliphatic carbocycles. The fourth-order valence-electron chi connectivity index (χ4n) is 3.58. The molecule has 0 radical (unpaired) electrons. The molecule has 6 heteroatoms. The average molecular weight is 397 g/mol. The SMILES string of the molecule is CC(C(=O)Nc1cccc(F)c1)N1CCN(C(=O)CCCc2ccccc2)CC1. The summed E-state index contributed by atoms with van der Waals surface area (Å²) in [6.45, 7) is 4.40. The van der Waals surface area contributed by atoms with Crippen molar-refractivity contribution in [3.05, 3.63) is 66.0 Å². The van der Waals surface area contributed by atoms with Crippen molar-refractivity contribution >= 4 is 17.5 Å². The zero-order valence-corrected chi connectivity index (χ0v) is 16.8. The van der Waals surface area contributed by atoms with Crippen molar-refractivity contribution in [3.8, 4) is 0 Å². The Morgan fingerprint density at radius 3 is 2.45 bits per heavy atom. The first-order valence-corrected chi connectivity index (χ1v) is 10.1. The number of anilines is 1. The Bertz CT molecular complexity index is 820. The van der Waals surface area contributed by atoms with Gasteiger partial charge in [0.1, 0.15) is 5.82 Å². The molecule has 2 aromatic carbocycles. The van der Waals surface area contributed by atoms with Crippen LogP contribution in [0.5, 0.6) is 0 Å². The molecule has 1 N–H and O–H groups in total. The van der Waals surface area contributed by atoms with Crippen LogP contribution in [0.1, 0.15) is 25.3 Å². The molecule has 2 amide bonds. The maximum absolute atomic E-state index is 13.3. The maximum Gasteiger partial charge on any atom is 0.241 e. The van der Waals surface area contributed by atoms with Crippen LogP contribution < -0.4 is 5.32 Å². The Hall–Kier alpha value is -2.73. The minimum absolute atomic E-state index is 0.168. The van der Waals surface area contributed by atoms with Crippen LogP contribution in [-0.4, -0.2) is 53.8 Å². The van der Waals surface area contributed by atoms with Gasteiger partial charge in [-0.15, -0.1) is 0 Å². The van der Waals surface area contributed by atoms with Gasteiger partial charge < -0.3 is 10.2 Å². The van der Waals surface area contributed by atoms with Crippen LogP contribution in [-0.2, 0) is 16.0 Å². The Balaban J connectivity index is 1.40. The van der Waals surface area contributed by atoms with Gasteiger partial charge in [0.05, 0.1) is 6.04 Å². The summed E-state index contributed by atoms with van der Waals surface area (Å²) in [5.41, 5.74) is 1.71. The first-order valence-electron chi connectivity index (χ1n) is 10.1. The van der Waals surface area contributed by atoms with Gasteiger partial charge in [-0.25, -0.2) is 4.39 Å². The Kier molecular flexibility index (Phi) is 7.36. The fraction of sp³-hybridized carbons (Fsp3) is 0.391. The van der Waals surface area contributed by atoms with E-state index < -0.39 is 0 Å². The van der Waals surface area contributed by atoms with Crippen molar-refractivity contribution in [2.24, 2.45) is 0 Å². The molecule has 1 saturated heterocycles. The summed E-state index contributed by atoms with van der Waals surface area (Å²) in [5, 5.41) is 2.76. The second-order valence-electron chi connectivity index (χ2n) is 7.43. The lowest BCUT2D eigenvalue weighted by Gasteiger charge is -2.37. The van der Waals surface area contributed by atoms with E-state index in [9.17, 15) is 14.0 Å². The Labute approximate surface area is 171 Å². The normalized spacial score (nSPS) is 15.7. The number of hydrogen-bond acceptors (Lipinski definition) is 3. The van der Waals surface area contributed by atoms with Gasteiger partial charge in [-0.05, 0) is 43.5 Å². The summed E-state index contributed by atoms with van der Waals surface area (Å²) in [5.74, 6) is -0.370. The van der Waals surface area contributed by atoms with Crippen LogP contribution >= 0.6 is 0 Å². The predicted octanol–water partition coefficient (Wildman–Crippen LogP) is 3.32. The molecule has 1 fully saturated rings. The first kappa shape index (κ1) is 21.0. The van der Waals surface area contributed by atoms with Crippen LogP contribution in [0.25, 0.3) is 0 Å². The van der Waals surface area contributed by atoms with E-state index in [1.54, 1.807) is 12.1 Å². The zero-order valence-electron chi connectivity index (χ0n) is 16.8. The lowest BCUT2D eigenvalue weighted by molar-refractivity contribution is -0.133. The number of nitrogens with zero attached hydrogens (tertiary/aromatic N) is 2. The van der Waals surface area contributed by atoms with Crippen molar-refractivity contribution in [1.29, 1.82) is 0 Å². The number of carbonyl (C=O) groups is 2. The number of halogens is 1. The third-order valence-electron chi connectivity index (χ3n) is 5.39. The van der Waals surface area contributed by atoms with Crippen molar-refractivity contribution in [2.75, 3.05) is 31.5 Å². The molecule has 29 heavy (non-hydrogen) atoms. The van der Waals surface area contributed by atoms with Crippen LogP contribution in [0.15, 0.2) is 54.6 Å². The lowest BCUT2D eigenvalue weighted by atomic mass is 10.1. The number of carbonyl (C=O) groups excluding carboxylic acids is 2. The molecule has 1 atom stereocenters. The standard InChI is InChI=1S/C23H28FN3O2/c1-18(23(29)25-21-11-6-10-20(24)17-21)26-13-15-27(16-14-26)22(28)12-5-9-19-7-3-2-4-8-19/h2-4,6-8,10-11,17-18H,5,9,12-16H2,1H3,(H,25,29). The molecule has 0 bridgehead atoms. The highest BCUT2D eigenvalue weighted by Crippen LogP contribution is 2.13. The summed E-state index contributed by atoms with van der Waals surface area (Å²) in [6.07, 6.45) is 2.30. The average Bonchev–Trinajstić information content (AvgIpc) is 2.74. The monoisotopic (exact) mass is 397 g/mol. The molecule has 2 aromatic rings. The third-order valence-corrected chi connectivity index (χ3v) is 5.39. The first-order chi connectivity index (χ1) is 14.0. The smallest absolute Gasteiger partial charge is 0.241 e. The fourth-order valence-corrected chi connectivity index (χ4v) is 3.58. The molecule has 1 aliphatic rings. The van der Waals surface area contributed by atoms with Gasteiger partial charge in [0.15, 0.2) is 0 Å². The van der Waals surface area contributed by atoms with E-state index in [2.05, 4.69) is 22.3 Å². The van der Waals surface area contributed by atoms with Gasteiger partial charge >= 0.3 is 0 Å². The van der Waals surface area contributed by atoms with Gasteiger partial charge in [-0.1, -0.05) is 36.4 Å². The number of benzene rings is 2. The van der Waals surface area contributed by atoms with Crippen LogP contribution in [0.3, 0.4) is 0 Å². The van der Waals surface area contributed by atoms with Crippen LogP contribution in [0.4, 0.5) is 10.1 Å². The lowest BCUT2D eigenvalue weighted by Crippen LogP contribution is -2.54. The molecule has 3 rings (SSSR count). The van der Waals surface area contributed by atoms with E-state index in [-0.39, 0.29) is 23.7 Å². The third kappa shape index (κ3) is 6.12. The number of piperazine rings is 1. The van der Waals surface area contributed by atoms with Crippen molar-refractivity contribution in [2.45, 2.75) is 32.2 Å². The van der Waals surface area contributed by atoms with E-state index in [0.29, 0.717) is 38.3 Å². The van der Waals surface area contributed by atoms with Gasteiger partial charge in [0, 0.05) is 38.3 Å². The minimum Gasteiger partial charge on any atom is -0.340 e. The molecule has 154 valence electrons. The van der Waals surface area contributed by atoms with Crippen molar-refractivity contribution < 1.29 is 14.0 Å². The molecule has 1 aliphatic heterocycles. The van der Waals surface area contributed by atoms with Gasteiger partial charge in [0.25, 0.3) is 0 Å². The topological polar surface area (TPSA) is 52.7 Å². The summed E-state index contributed by atoms with van der Waals surface area (Å²) >= 11 is 0. The van der Waals surface area contributed by atoms with Crippen LogP contribution in [0.2, 0.25) is 0 Å². The zero-order chi connectivity index (χ0) is 20.6. The quantitative estimate of drug-likeness (QED) is 0.780. The number of amides is 2. The van der Waals surface area contributed by atoms with E-state index in [4.69, 9.17) is 0 Å². The largest absolute Gasteiger partial charge is 0.340 e. The number of aryl methyl sites for hydroxylation is 1. The Morgan fingerprint density at radius 1 is 1.03 bits per heavy atom. The molecular formula is C23H28FN3O2. The van der Waals surface area contributed by atoms with Gasteiger partial charge in [0.2, 0.25) is 11.8 Å². The van der Waals surface area contributed by atoms with E-state index in [1.807, 2.05) is 30.0 Å². The summed E-state index contributed by atoms with van der Waals surface area (Å²) < 4.78 is 13.3. The van der Waals surface area contributed by atoms with E-state index in [1.165, 1.54) is 17.7 Å². The molecule has 0 spiro atoms. The Morgan fingerprint density at radius 2 is 1.76 bits per heavy atom. The van der Waals surface area contributed by atoms with Crippen molar-refractivity contribution in [1.82, 2.24) is 9.80 Å². The molecular weight excluding hydrogens is 369 g/mol. The second kappa shape index (κ2) is 10.2. The molecule has 1 unspecified atom stereocenters. The summed E-state index contributed by atoms with van der Waals surface area (Å²) in [4.78, 5) is 28.9. The highest BCUT2D eigenvalue weighted by atomic mass is 19.1. The summed E-state index contributed by atoms with van der Waals surface area (Å²) in [6, 6.07) is 15.7. The number of nitrogens with one attached hydrogen (secondary N) is 1. The maximum atomic E-state index is 13.3. The van der Waals surface area contributed by atoms with Crippen LogP contribution in [0, 0.1) is 5.82 Å². The minimum atomic E-state index is -0.380. The highest BCUT2D eigenvalue weighted by Gasteiger charge is 2.27. The van der Waals surface area contributed by atoms with Gasteiger partial charge in [-0.3, -0.25) is 14.5 Å². The number of hydrogen-bond donors (Lipinski definition) is 1. The second-order valence-corrected chi connectivity index (χ2v) is 7.43. The van der Waals surface area contributed by atoms with Crippen molar-refractivity contribution in [3.63, 3.8) is 0 Å².